The molecule has 0 spiro atoms. The van der Waals surface area contributed by atoms with E-state index in [-0.39, 0.29) is 23.9 Å². The van der Waals surface area contributed by atoms with Crippen molar-refractivity contribution in [2.75, 3.05) is 20.1 Å². The van der Waals surface area contributed by atoms with Gasteiger partial charge in [-0.15, -0.1) is 0 Å². The van der Waals surface area contributed by atoms with Crippen LogP contribution in [0.5, 0.6) is 0 Å². The first kappa shape index (κ1) is 15.8. The number of benzene rings is 1. The summed E-state index contributed by atoms with van der Waals surface area (Å²) in [5.41, 5.74) is 0.865. The molecule has 2 atom stereocenters. The van der Waals surface area contributed by atoms with E-state index in [2.05, 4.69) is 5.32 Å². The van der Waals surface area contributed by atoms with Gasteiger partial charge in [0.15, 0.2) is 0 Å². The molecule has 2 unspecified atom stereocenters. The number of hydrogen-bond donors (Lipinski definition) is 2. The van der Waals surface area contributed by atoms with Gasteiger partial charge in [0.2, 0.25) is 0 Å². The second-order valence-electron chi connectivity index (χ2n) is 5.75. The number of hydrogen-bond acceptors (Lipinski definition) is 2. The molecule has 1 fully saturated rings. The molecule has 0 bridgehead atoms. The Morgan fingerprint density at radius 3 is 2.95 bits per heavy atom. The Bertz CT molecular complexity index is 481. The zero-order chi connectivity index (χ0) is 15.2. The molecule has 1 aromatic rings. The van der Waals surface area contributed by atoms with E-state index in [0.717, 1.165) is 24.8 Å². The highest BCUT2D eigenvalue weighted by molar-refractivity contribution is 5.73. The zero-order valence-corrected chi connectivity index (χ0v) is 12.4. The van der Waals surface area contributed by atoms with Crippen molar-refractivity contribution in [3.8, 4) is 0 Å². The average molecular weight is 294 g/mol. The highest BCUT2D eigenvalue weighted by Gasteiger charge is 2.27. The molecule has 4 nitrogen and oxygen atoms in total. The Hall–Kier alpha value is -1.62. The SMILES string of the molecule is CN(CC1CCCC1O)C(=O)NCCc1cccc(F)c1. The molecule has 0 heterocycles. The largest absolute Gasteiger partial charge is 0.393 e. The van der Waals surface area contributed by atoms with Crippen LogP contribution in [0.15, 0.2) is 24.3 Å². The molecule has 2 amide bonds. The van der Waals surface area contributed by atoms with E-state index in [1.54, 1.807) is 18.0 Å². The fourth-order valence-electron chi connectivity index (χ4n) is 2.81. The van der Waals surface area contributed by atoms with Crippen molar-refractivity contribution < 1.29 is 14.3 Å². The Morgan fingerprint density at radius 2 is 2.29 bits per heavy atom. The Labute approximate surface area is 125 Å². The molecule has 5 heteroatoms. The minimum Gasteiger partial charge on any atom is -0.393 e. The summed E-state index contributed by atoms with van der Waals surface area (Å²) in [7, 11) is 1.74. The maximum absolute atomic E-state index is 13.0. The molecular formula is C16H23FN2O2. The van der Waals surface area contributed by atoms with Crippen LogP contribution in [0.4, 0.5) is 9.18 Å². The summed E-state index contributed by atoms with van der Waals surface area (Å²) >= 11 is 0. The van der Waals surface area contributed by atoms with Crippen LogP contribution in [0.25, 0.3) is 0 Å². The van der Waals surface area contributed by atoms with Gasteiger partial charge < -0.3 is 15.3 Å². The normalized spacial score (nSPS) is 21.3. The summed E-state index contributed by atoms with van der Waals surface area (Å²) in [4.78, 5) is 13.6. The molecule has 1 aliphatic rings. The highest BCUT2D eigenvalue weighted by atomic mass is 19.1. The van der Waals surface area contributed by atoms with E-state index in [4.69, 9.17) is 0 Å². The van der Waals surface area contributed by atoms with Crippen LogP contribution in [-0.4, -0.2) is 42.3 Å². The van der Waals surface area contributed by atoms with Gasteiger partial charge in [0.1, 0.15) is 5.82 Å². The predicted molar refractivity (Wildman–Crippen MR) is 79.5 cm³/mol. The Morgan fingerprint density at radius 1 is 1.48 bits per heavy atom. The highest BCUT2D eigenvalue weighted by Crippen LogP contribution is 2.25. The third-order valence-corrected chi connectivity index (χ3v) is 4.05. The number of nitrogens with zero attached hydrogens (tertiary/aromatic N) is 1. The number of carbonyl (C=O) groups excluding carboxylic acids is 1. The van der Waals surface area contributed by atoms with Gasteiger partial charge in [-0.05, 0) is 37.0 Å². The second kappa shape index (κ2) is 7.41. The first-order valence-electron chi connectivity index (χ1n) is 7.47. The number of rotatable bonds is 5. The van der Waals surface area contributed by atoms with Crippen molar-refractivity contribution in [1.29, 1.82) is 0 Å². The zero-order valence-electron chi connectivity index (χ0n) is 12.4. The Kier molecular flexibility index (Phi) is 5.56. The van der Waals surface area contributed by atoms with Crippen molar-refractivity contribution in [2.45, 2.75) is 31.8 Å². The van der Waals surface area contributed by atoms with Gasteiger partial charge in [0, 0.05) is 26.1 Å². The number of amides is 2. The lowest BCUT2D eigenvalue weighted by atomic mass is 10.1. The van der Waals surface area contributed by atoms with Gasteiger partial charge in [-0.2, -0.15) is 0 Å². The summed E-state index contributed by atoms with van der Waals surface area (Å²) in [6, 6.07) is 6.24. The molecule has 1 aliphatic carbocycles. The topological polar surface area (TPSA) is 52.6 Å². The van der Waals surface area contributed by atoms with E-state index >= 15 is 0 Å². The summed E-state index contributed by atoms with van der Waals surface area (Å²) in [6.45, 7) is 1.05. The van der Waals surface area contributed by atoms with Crippen molar-refractivity contribution in [3.63, 3.8) is 0 Å². The fraction of sp³-hybridized carbons (Fsp3) is 0.562. The fourth-order valence-corrected chi connectivity index (χ4v) is 2.81. The molecule has 1 aromatic carbocycles. The third kappa shape index (κ3) is 4.70. The maximum atomic E-state index is 13.0. The molecule has 0 aliphatic heterocycles. The van der Waals surface area contributed by atoms with Crippen LogP contribution >= 0.6 is 0 Å². The Balaban J connectivity index is 1.71. The molecule has 0 radical (unpaired) electrons. The van der Waals surface area contributed by atoms with Crippen LogP contribution in [0.3, 0.4) is 0 Å². The standard InChI is InChI=1S/C16H23FN2O2/c1-19(11-13-5-3-7-15(13)20)16(21)18-9-8-12-4-2-6-14(17)10-12/h2,4,6,10,13,15,20H,3,5,7-9,11H2,1H3,(H,18,21). The van der Waals surface area contributed by atoms with Gasteiger partial charge in [0.05, 0.1) is 6.10 Å². The van der Waals surface area contributed by atoms with Gasteiger partial charge in [-0.1, -0.05) is 18.6 Å². The lowest BCUT2D eigenvalue weighted by Crippen LogP contribution is -2.41. The van der Waals surface area contributed by atoms with Crippen molar-refractivity contribution in [3.05, 3.63) is 35.6 Å². The van der Waals surface area contributed by atoms with E-state index in [1.165, 1.54) is 12.1 Å². The maximum Gasteiger partial charge on any atom is 0.317 e. The first-order chi connectivity index (χ1) is 10.1. The van der Waals surface area contributed by atoms with Gasteiger partial charge in [-0.3, -0.25) is 0 Å². The molecular weight excluding hydrogens is 271 g/mol. The van der Waals surface area contributed by atoms with E-state index in [0.29, 0.717) is 19.5 Å². The lowest BCUT2D eigenvalue weighted by Gasteiger charge is -2.23. The molecule has 0 saturated heterocycles. The number of halogens is 1. The quantitative estimate of drug-likeness (QED) is 0.874. The van der Waals surface area contributed by atoms with Gasteiger partial charge >= 0.3 is 6.03 Å². The number of nitrogens with one attached hydrogen (secondary N) is 1. The van der Waals surface area contributed by atoms with Crippen LogP contribution in [-0.2, 0) is 6.42 Å². The minimum atomic E-state index is -0.285. The van der Waals surface area contributed by atoms with Crippen LogP contribution in [0, 0.1) is 11.7 Å². The van der Waals surface area contributed by atoms with Gasteiger partial charge in [0.25, 0.3) is 0 Å². The number of aliphatic hydroxyl groups is 1. The first-order valence-corrected chi connectivity index (χ1v) is 7.47. The van der Waals surface area contributed by atoms with E-state index < -0.39 is 0 Å². The summed E-state index contributed by atoms with van der Waals surface area (Å²) in [5, 5.41) is 12.6. The monoisotopic (exact) mass is 294 g/mol. The lowest BCUT2D eigenvalue weighted by molar-refractivity contribution is 0.114. The number of aliphatic hydroxyl groups excluding tert-OH is 1. The second-order valence-corrected chi connectivity index (χ2v) is 5.75. The summed E-state index contributed by atoms with van der Waals surface area (Å²) in [5.74, 6) is -0.0739. The number of urea groups is 1. The predicted octanol–water partition coefficient (Wildman–Crippen LogP) is 2.17. The third-order valence-electron chi connectivity index (χ3n) is 4.05. The van der Waals surface area contributed by atoms with Crippen molar-refractivity contribution >= 4 is 6.03 Å². The van der Waals surface area contributed by atoms with E-state index in [1.807, 2.05) is 6.07 Å². The smallest absolute Gasteiger partial charge is 0.317 e. The van der Waals surface area contributed by atoms with Crippen LogP contribution in [0.1, 0.15) is 24.8 Å². The molecule has 0 aromatic heterocycles. The molecule has 1 saturated carbocycles. The number of carbonyl (C=O) groups is 1. The van der Waals surface area contributed by atoms with Crippen LogP contribution < -0.4 is 5.32 Å². The minimum absolute atomic E-state index is 0.148. The van der Waals surface area contributed by atoms with Crippen LogP contribution in [0.2, 0.25) is 0 Å². The average Bonchev–Trinajstić information content (AvgIpc) is 2.84. The van der Waals surface area contributed by atoms with Crippen molar-refractivity contribution in [1.82, 2.24) is 10.2 Å². The molecule has 2 rings (SSSR count). The molecule has 116 valence electrons. The molecule has 2 N–H and O–H groups in total. The molecule has 21 heavy (non-hydrogen) atoms. The van der Waals surface area contributed by atoms with E-state index in [9.17, 15) is 14.3 Å². The summed E-state index contributed by atoms with van der Waals surface area (Å²) in [6.07, 6.45) is 3.15. The van der Waals surface area contributed by atoms with Gasteiger partial charge in [-0.25, -0.2) is 9.18 Å². The summed E-state index contributed by atoms with van der Waals surface area (Å²) < 4.78 is 13.0. The van der Waals surface area contributed by atoms with Crippen molar-refractivity contribution in [2.24, 2.45) is 5.92 Å².